The van der Waals surface area contributed by atoms with Gasteiger partial charge in [0, 0.05) is 12.6 Å². The van der Waals surface area contributed by atoms with E-state index in [9.17, 15) is 0 Å². The molecule has 3 aromatic rings. The molecule has 0 spiro atoms. The lowest BCUT2D eigenvalue weighted by atomic mass is 10.1. The molecule has 0 N–H and O–H groups in total. The molecule has 19 heavy (non-hydrogen) atoms. The van der Waals surface area contributed by atoms with Gasteiger partial charge in [-0.05, 0) is 30.2 Å². The number of rotatable bonds is 3. The predicted molar refractivity (Wildman–Crippen MR) is 77.4 cm³/mol. The highest BCUT2D eigenvalue weighted by molar-refractivity contribution is 5.77. The summed E-state index contributed by atoms with van der Waals surface area (Å²) >= 11 is 0. The first-order valence-corrected chi connectivity index (χ1v) is 6.63. The molecule has 1 aromatic carbocycles. The minimum absolute atomic E-state index is 0.569. The molecule has 3 rings (SSSR count). The summed E-state index contributed by atoms with van der Waals surface area (Å²) in [5, 5.41) is 0. The van der Waals surface area contributed by atoms with E-state index in [1.165, 1.54) is 0 Å². The van der Waals surface area contributed by atoms with Crippen molar-refractivity contribution >= 4 is 11.0 Å². The van der Waals surface area contributed by atoms with E-state index in [0.29, 0.717) is 5.92 Å². The molecule has 0 fully saturated rings. The Bertz CT molecular complexity index is 684. The topological polar surface area (TPSA) is 30.7 Å². The van der Waals surface area contributed by atoms with E-state index in [4.69, 9.17) is 4.98 Å². The summed E-state index contributed by atoms with van der Waals surface area (Å²) < 4.78 is 2.16. The van der Waals surface area contributed by atoms with Crippen LogP contribution in [0.3, 0.4) is 0 Å². The van der Waals surface area contributed by atoms with Gasteiger partial charge >= 0.3 is 0 Å². The Hall–Kier alpha value is -2.16. The zero-order chi connectivity index (χ0) is 13.2. The second-order valence-corrected chi connectivity index (χ2v) is 5.14. The number of pyridine rings is 1. The van der Waals surface area contributed by atoms with Gasteiger partial charge in [0.15, 0.2) is 0 Å². The first-order chi connectivity index (χ1) is 9.25. The molecular formula is C16H17N3. The van der Waals surface area contributed by atoms with Gasteiger partial charge in [-0.1, -0.05) is 32.0 Å². The molecular weight excluding hydrogens is 234 g/mol. The van der Waals surface area contributed by atoms with Crippen LogP contribution in [0.1, 0.15) is 19.7 Å². The van der Waals surface area contributed by atoms with Crippen molar-refractivity contribution < 1.29 is 0 Å². The number of nitrogens with zero attached hydrogens (tertiary/aromatic N) is 3. The van der Waals surface area contributed by atoms with Crippen LogP contribution < -0.4 is 0 Å². The quantitative estimate of drug-likeness (QED) is 0.711. The Labute approximate surface area is 112 Å². The largest absolute Gasteiger partial charge is 0.280 e. The molecule has 0 bridgehead atoms. The first-order valence-electron chi connectivity index (χ1n) is 6.63. The molecule has 0 saturated carbocycles. The van der Waals surface area contributed by atoms with Crippen LogP contribution in [-0.4, -0.2) is 14.5 Å². The molecule has 0 atom stereocenters. The van der Waals surface area contributed by atoms with Crippen LogP contribution in [0.2, 0.25) is 0 Å². The fraction of sp³-hybridized carbons (Fsp3) is 0.250. The third-order valence-corrected chi connectivity index (χ3v) is 3.10. The zero-order valence-electron chi connectivity index (χ0n) is 11.2. The normalized spacial score (nSPS) is 11.3. The monoisotopic (exact) mass is 251 g/mol. The van der Waals surface area contributed by atoms with Crippen molar-refractivity contribution in [1.82, 2.24) is 14.5 Å². The molecule has 0 unspecified atom stereocenters. The second-order valence-electron chi connectivity index (χ2n) is 5.14. The number of fused-ring (bicyclic) bond motifs is 1. The standard InChI is InChI=1S/C16H17N3/c1-12(2)11-16-18-13-7-3-4-8-14(13)19(16)15-9-5-6-10-17-15/h3-10,12H,11H2,1-2H3. The van der Waals surface area contributed by atoms with Gasteiger partial charge < -0.3 is 0 Å². The third-order valence-electron chi connectivity index (χ3n) is 3.10. The van der Waals surface area contributed by atoms with E-state index >= 15 is 0 Å². The van der Waals surface area contributed by atoms with E-state index in [1.807, 2.05) is 36.5 Å². The summed E-state index contributed by atoms with van der Waals surface area (Å²) in [6, 6.07) is 14.2. The van der Waals surface area contributed by atoms with Crippen molar-refractivity contribution in [2.45, 2.75) is 20.3 Å². The van der Waals surface area contributed by atoms with Crippen LogP contribution in [-0.2, 0) is 6.42 Å². The fourth-order valence-corrected chi connectivity index (χ4v) is 2.32. The Balaban J connectivity index is 2.24. The molecule has 0 saturated heterocycles. The molecule has 3 nitrogen and oxygen atoms in total. The van der Waals surface area contributed by atoms with Crippen LogP contribution in [0.15, 0.2) is 48.7 Å². The van der Waals surface area contributed by atoms with Gasteiger partial charge in [0.25, 0.3) is 0 Å². The zero-order valence-corrected chi connectivity index (χ0v) is 11.2. The molecule has 3 heteroatoms. The highest BCUT2D eigenvalue weighted by atomic mass is 15.1. The maximum Gasteiger partial charge on any atom is 0.138 e. The maximum atomic E-state index is 4.75. The third kappa shape index (κ3) is 2.24. The van der Waals surface area contributed by atoms with Crippen LogP contribution in [0, 0.1) is 5.92 Å². The average Bonchev–Trinajstić information content (AvgIpc) is 2.76. The lowest BCUT2D eigenvalue weighted by Crippen LogP contribution is -2.06. The van der Waals surface area contributed by atoms with Crippen LogP contribution in [0.4, 0.5) is 0 Å². The molecule has 0 amide bonds. The van der Waals surface area contributed by atoms with Crippen molar-refractivity contribution in [3.8, 4) is 5.82 Å². The van der Waals surface area contributed by atoms with E-state index < -0.39 is 0 Å². The van der Waals surface area contributed by atoms with Crippen LogP contribution in [0.25, 0.3) is 16.9 Å². The Kier molecular flexibility index (Phi) is 3.03. The molecule has 96 valence electrons. The highest BCUT2D eigenvalue weighted by Gasteiger charge is 2.13. The molecule has 2 heterocycles. The lowest BCUT2D eigenvalue weighted by Gasteiger charge is -2.09. The SMILES string of the molecule is CC(C)Cc1nc2ccccc2n1-c1ccccn1. The summed E-state index contributed by atoms with van der Waals surface area (Å²) in [6.07, 6.45) is 2.77. The van der Waals surface area contributed by atoms with Gasteiger partial charge in [0.05, 0.1) is 11.0 Å². The molecule has 0 radical (unpaired) electrons. The average molecular weight is 251 g/mol. The van der Waals surface area contributed by atoms with Gasteiger partial charge in [-0.3, -0.25) is 4.57 Å². The fourth-order valence-electron chi connectivity index (χ4n) is 2.32. The number of hydrogen-bond donors (Lipinski definition) is 0. The molecule has 0 aliphatic rings. The van der Waals surface area contributed by atoms with E-state index in [-0.39, 0.29) is 0 Å². The van der Waals surface area contributed by atoms with Crippen LogP contribution in [0.5, 0.6) is 0 Å². The number of hydrogen-bond acceptors (Lipinski definition) is 2. The van der Waals surface area contributed by atoms with Crippen molar-refractivity contribution in [2.24, 2.45) is 5.92 Å². The summed E-state index contributed by atoms with van der Waals surface area (Å²) in [6.45, 7) is 4.42. The first kappa shape index (κ1) is 11.9. The number of para-hydroxylation sites is 2. The van der Waals surface area contributed by atoms with Gasteiger partial charge in [0.1, 0.15) is 11.6 Å². The smallest absolute Gasteiger partial charge is 0.138 e. The summed E-state index contributed by atoms with van der Waals surface area (Å²) in [5.41, 5.74) is 2.15. The van der Waals surface area contributed by atoms with E-state index in [2.05, 4.69) is 35.5 Å². The summed E-state index contributed by atoms with van der Waals surface area (Å²) in [7, 11) is 0. The molecule has 0 aliphatic carbocycles. The molecule has 0 aliphatic heterocycles. The Morgan fingerprint density at radius 3 is 2.58 bits per heavy atom. The number of benzene rings is 1. The van der Waals surface area contributed by atoms with Crippen molar-refractivity contribution in [3.63, 3.8) is 0 Å². The second kappa shape index (κ2) is 4.84. The highest BCUT2D eigenvalue weighted by Crippen LogP contribution is 2.21. The Morgan fingerprint density at radius 1 is 1.05 bits per heavy atom. The maximum absolute atomic E-state index is 4.75. The summed E-state index contributed by atoms with van der Waals surface area (Å²) in [5.74, 6) is 2.58. The predicted octanol–water partition coefficient (Wildman–Crippen LogP) is 3.62. The summed E-state index contributed by atoms with van der Waals surface area (Å²) in [4.78, 5) is 9.21. The van der Waals surface area contributed by atoms with Gasteiger partial charge in [-0.25, -0.2) is 9.97 Å². The van der Waals surface area contributed by atoms with E-state index in [1.54, 1.807) is 0 Å². The molecule has 2 aromatic heterocycles. The van der Waals surface area contributed by atoms with Crippen molar-refractivity contribution in [1.29, 1.82) is 0 Å². The number of aromatic nitrogens is 3. The van der Waals surface area contributed by atoms with Crippen LogP contribution >= 0.6 is 0 Å². The van der Waals surface area contributed by atoms with Gasteiger partial charge in [-0.2, -0.15) is 0 Å². The van der Waals surface area contributed by atoms with Gasteiger partial charge in [-0.15, -0.1) is 0 Å². The minimum atomic E-state index is 0.569. The minimum Gasteiger partial charge on any atom is -0.280 e. The van der Waals surface area contributed by atoms with Gasteiger partial charge in [0.2, 0.25) is 0 Å². The number of imidazole rings is 1. The van der Waals surface area contributed by atoms with E-state index in [0.717, 1.165) is 29.1 Å². The lowest BCUT2D eigenvalue weighted by molar-refractivity contribution is 0.615. The Morgan fingerprint density at radius 2 is 1.84 bits per heavy atom. The van der Waals surface area contributed by atoms with Crippen molar-refractivity contribution in [3.05, 3.63) is 54.5 Å². The van der Waals surface area contributed by atoms with Crippen molar-refractivity contribution in [2.75, 3.05) is 0 Å².